The van der Waals surface area contributed by atoms with Gasteiger partial charge in [0.15, 0.2) is 0 Å². The van der Waals surface area contributed by atoms with E-state index in [2.05, 4.69) is 15.0 Å². The zero-order valence-corrected chi connectivity index (χ0v) is 6.56. The molecule has 4 heteroatoms. The second kappa shape index (κ2) is 2.73. The molecule has 4 nitrogen and oxygen atoms in total. The van der Waals surface area contributed by atoms with E-state index in [9.17, 15) is 0 Å². The first-order valence-electron chi connectivity index (χ1n) is 3.55. The zero-order chi connectivity index (χ0) is 8.39. The van der Waals surface area contributed by atoms with Gasteiger partial charge in [-0.1, -0.05) is 0 Å². The lowest BCUT2D eigenvalue weighted by Gasteiger charge is -1.90. The second-order valence-electron chi connectivity index (χ2n) is 2.37. The number of hydrogen-bond donors (Lipinski definition) is 0. The summed E-state index contributed by atoms with van der Waals surface area (Å²) in [6.45, 7) is 1.84. The van der Waals surface area contributed by atoms with E-state index >= 15 is 0 Å². The molecule has 0 atom stereocenters. The van der Waals surface area contributed by atoms with Crippen molar-refractivity contribution in [2.24, 2.45) is 0 Å². The highest BCUT2D eigenvalue weighted by Crippen LogP contribution is 2.14. The molecule has 2 rings (SSSR count). The van der Waals surface area contributed by atoms with E-state index in [1.165, 1.54) is 6.33 Å². The van der Waals surface area contributed by atoms with E-state index in [1.807, 2.05) is 6.92 Å². The SMILES string of the molecule is Cc1cnc(-c2ccncn2)o1. The third kappa shape index (κ3) is 1.18. The zero-order valence-electron chi connectivity index (χ0n) is 6.56. The smallest absolute Gasteiger partial charge is 0.245 e. The minimum Gasteiger partial charge on any atom is -0.440 e. The van der Waals surface area contributed by atoms with Crippen LogP contribution in [0.5, 0.6) is 0 Å². The summed E-state index contributed by atoms with van der Waals surface area (Å²) < 4.78 is 5.27. The van der Waals surface area contributed by atoms with Crippen LogP contribution in [0.1, 0.15) is 5.76 Å². The maximum atomic E-state index is 5.27. The third-order valence-electron chi connectivity index (χ3n) is 1.42. The first kappa shape index (κ1) is 6.97. The number of nitrogens with zero attached hydrogens (tertiary/aromatic N) is 3. The van der Waals surface area contributed by atoms with Crippen LogP contribution in [0.25, 0.3) is 11.6 Å². The molecule has 0 aliphatic rings. The number of oxazole rings is 1. The number of aromatic nitrogens is 3. The van der Waals surface area contributed by atoms with E-state index in [0.29, 0.717) is 11.6 Å². The van der Waals surface area contributed by atoms with Gasteiger partial charge in [0.25, 0.3) is 0 Å². The molecule has 0 radical (unpaired) electrons. The van der Waals surface area contributed by atoms with Crippen LogP contribution in [0.2, 0.25) is 0 Å². The highest BCUT2D eigenvalue weighted by Gasteiger charge is 2.03. The summed E-state index contributed by atoms with van der Waals surface area (Å²) in [6.07, 6.45) is 4.79. The first-order chi connectivity index (χ1) is 5.86. The van der Waals surface area contributed by atoms with E-state index in [-0.39, 0.29) is 0 Å². The Balaban J connectivity index is 2.45. The summed E-state index contributed by atoms with van der Waals surface area (Å²) in [5.74, 6) is 1.32. The molecule has 2 heterocycles. The molecule has 0 aromatic carbocycles. The molecular weight excluding hydrogens is 154 g/mol. The van der Waals surface area contributed by atoms with Gasteiger partial charge in [-0.05, 0) is 13.0 Å². The normalized spacial score (nSPS) is 10.1. The maximum absolute atomic E-state index is 5.27. The maximum Gasteiger partial charge on any atom is 0.245 e. The molecule has 0 saturated carbocycles. The topological polar surface area (TPSA) is 51.8 Å². The molecule has 0 bridgehead atoms. The Bertz CT molecular complexity index is 369. The molecule has 12 heavy (non-hydrogen) atoms. The standard InChI is InChI=1S/C8H7N3O/c1-6-4-10-8(12-6)7-2-3-9-5-11-7/h2-5H,1H3. The Morgan fingerprint density at radius 2 is 2.25 bits per heavy atom. The van der Waals surface area contributed by atoms with Crippen LogP contribution in [-0.2, 0) is 0 Å². The molecule has 2 aromatic rings. The average molecular weight is 161 g/mol. The number of hydrogen-bond acceptors (Lipinski definition) is 4. The lowest BCUT2D eigenvalue weighted by atomic mass is 10.4. The molecule has 0 saturated heterocycles. The van der Waals surface area contributed by atoms with Crippen molar-refractivity contribution in [3.8, 4) is 11.6 Å². The van der Waals surface area contributed by atoms with Crippen LogP contribution in [0.15, 0.2) is 29.2 Å². The van der Waals surface area contributed by atoms with Crippen LogP contribution < -0.4 is 0 Å². The van der Waals surface area contributed by atoms with Gasteiger partial charge >= 0.3 is 0 Å². The van der Waals surface area contributed by atoms with Crippen LogP contribution >= 0.6 is 0 Å². The van der Waals surface area contributed by atoms with Gasteiger partial charge in [0.2, 0.25) is 5.89 Å². The molecule has 0 unspecified atom stereocenters. The molecule has 0 fully saturated rings. The largest absolute Gasteiger partial charge is 0.440 e. The lowest BCUT2D eigenvalue weighted by molar-refractivity contribution is 0.540. The van der Waals surface area contributed by atoms with Crippen LogP contribution in [0.3, 0.4) is 0 Å². The fourth-order valence-electron chi connectivity index (χ4n) is 0.890. The third-order valence-corrected chi connectivity index (χ3v) is 1.42. The molecule has 0 aliphatic heterocycles. The fraction of sp³-hybridized carbons (Fsp3) is 0.125. The van der Waals surface area contributed by atoms with E-state index in [4.69, 9.17) is 4.42 Å². The minimum absolute atomic E-state index is 0.537. The van der Waals surface area contributed by atoms with Gasteiger partial charge < -0.3 is 4.42 Å². The van der Waals surface area contributed by atoms with Crippen molar-refractivity contribution >= 4 is 0 Å². The molecule has 0 aliphatic carbocycles. The molecule has 2 aromatic heterocycles. The quantitative estimate of drug-likeness (QED) is 0.635. The van der Waals surface area contributed by atoms with E-state index < -0.39 is 0 Å². The van der Waals surface area contributed by atoms with Crippen molar-refractivity contribution in [3.05, 3.63) is 30.5 Å². The molecule has 0 spiro atoms. The Morgan fingerprint density at radius 3 is 2.83 bits per heavy atom. The lowest BCUT2D eigenvalue weighted by Crippen LogP contribution is -1.82. The fourth-order valence-corrected chi connectivity index (χ4v) is 0.890. The molecule has 0 N–H and O–H groups in total. The highest BCUT2D eigenvalue weighted by molar-refractivity contribution is 5.44. The number of rotatable bonds is 1. The van der Waals surface area contributed by atoms with Gasteiger partial charge in [-0.15, -0.1) is 0 Å². The van der Waals surface area contributed by atoms with Crippen molar-refractivity contribution in [1.82, 2.24) is 15.0 Å². The van der Waals surface area contributed by atoms with Crippen LogP contribution in [-0.4, -0.2) is 15.0 Å². The van der Waals surface area contributed by atoms with E-state index in [1.54, 1.807) is 18.5 Å². The van der Waals surface area contributed by atoms with Gasteiger partial charge in [0.05, 0.1) is 6.20 Å². The Labute approximate surface area is 69.3 Å². The summed E-state index contributed by atoms with van der Waals surface area (Å²) in [4.78, 5) is 11.8. The summed E-state index contributed by atoms with van der Waals surface area (Å²) in [5.41, 5.74) is 0.707. The van der Waals surface area contributed by atoms with Crippen LogP contribution in [0, 0.1) is 6.92 Å². The minimum atomic E-state index is 0.537. The highest BCUT2D eigenvalue weighted by atomic mass is 16.4. The van der Waals surface area contributed by atoms with E-state index in [0.717, 1.165) is 5.76 Å². The summed E-state index contributed by atoms with van der Waals surface area (Å²) in [6, 6.07) is 1.76. The predicted octanol–water partition coefficient (Wildman–Crippen LogP) is 1.44. The Morgan fingerprint density at radius 1 is 1.33 bits per heavy atom. The Hall–Kier alpha value is -1.71. The van der Waals surface area contributed by atoms with Crippen molar-refractivity contribution in [2.45, 2.75) is 6.92 Å². The van der Waals surface area contributed by atoms with Gasteiger partial charge in [0.1, 0.15) is 17.8 Å². The van der Waals surface area contributed by atoms with Crippen molar-refractivity contribution in [1.29, 1.82) is 0 Å². The molecular formula is C8H7N3O. The summed E-state index contributed by atoms with van der Waals surface area (Å²) in [5, 5.41) is 0. The Kier molecular flexibility index (Phi) is 1.59. The first-order valence-corrected chi connectivity index (χ1v) is 3.55. The van der Waals surface area contributed by atoms with Gasteiger partial charge in [0, 0.05) is 6.20 Å². The number of aryl methyl sites for hydroxylation is 1. The summed E-state index contributed by atoms with van der Waals surface area (Å²) in [7, 11) is 0. The van der Waals surface area contributed by atoms with Crippen molar-refractivity contribution in [3.63, 3.8) is 0 Å². The second-order valence-corrected chi connectivity index (χ2v) is 2.37. The van der Waals surface area contributed by atoms with Crippen molar-refractivity contribution < 1.29 is 4.42 Å². The van der Waals surface area contributed by atoms with Gasteiger partial charge in [-0.2, -0.15) is 0 Å². The van der Waals surface area contributed by atoms with Crippen LogP contribution in [0.4, 0.5) is 0 Å². The summed E-state index contributed by atoms with van der Waals surface area (Å²) >= 11 is 0. The monoisotopic (exact) mass is 161 g/mol. The van der Waals surface area contributed by atoms with Gasteiger partial charge in [-0.3, -0.25) is 0 Å². The molecule has 0 amide bonds. The predicted molar refractivity (Wildman–Crippen MR) is 42.3 cm³/mol. The average Bonchev–Trinajstić information content (AvgIpc) is 2.54. The van der Waals surface area contributed by atoms with Crippen molar-refractivity contribution in [2.75, 3.05) is 0 Å². The molecule has 60 valence electrons. The van der Waals surface area contributed by atoms with Gasteiger partial charge in [-0.25, -0.2) is 15.0 Å².